The van der Waals surface area contributed by atoms with E-state index in [1.54, 1.807) is 19.2 Å². The molecule has 2 amide bonds. The Balaban J connectivity index is 1.52. The first-order valence-electron chi connectivity index (χ1n) is 11.9. The Morgan fingerprint density at radius 1 is 1.11 bits per heavy atom. The molecule has 0 aliphatic carbocycles. The second-order valence-corrected chi connectivity index (χ2v) is 8.91. The van der Waals surface area contributed by atoms with Crippen LogP contribution in [0.15, 0.2) is 65.1 Å². The quantitative estimate of drug-likeness (QED) is 0.464. The Labute approximate surface area is 206 Å². The first-order valence-corrected chi connectivity index (χ1v) is 11.9. The number of carbonyl (C=O) groups is 2. The second-order valence-electron chi connectivity index (χ2n) is 8.91. The van der Waals surface area contributed by atoms with Crippen molar-refractivity contribution in [2.45, 2.75) is 32.9 Å². The van der Waals surface area contributed by atoms with Crippen LogP contribution >= 0.6 is 0 Å². The van der Waals surface area contributed by atoms with Crippen molar-refractivity contribution in [1.82, 2.24) is 10.2 Å². The maximum absolute atomic E-state index is 13.1. The number of furan rings is 1. The van der Waals surface area contributed by atoms with Gasteiger partial charge in [0.25, 0.3) is 5.91 Å². The van der Waals surface area contributed by atoms with Gasteiger partial charge in [-0.15, -0.1) is 0 Å². The fraction of sp³-hybridized carbons (Fsp3) is 0.357. The smallest absolute Gasteiger partial charge is 0.287 e. The van der Waals surface area contributed by atoms with E-state index >= 15 is 0 Å². The van der Waals surface area contributed by atoms with Crippen LogP contribution in [-0.4, -0.2) is 43.5 Å². The van der Waals surface area contributed by atoms with Gasteiger partial charge < -0.3 is 24.1 Å². The van der Waals surface area contributed by atoms with Crippen molar-refractivity contribution in [2.24, 2.45) is 5.92 Å². The highest BCUT2D eigenvalue weighted by Crippen LogP contribution is 2.38. The molecule has 7 nitrogen and oxygen atoms in total. The summed E-state index contributed by atoms with van der Waals surface area (Å²) < 4.78 is 16.6. The van der Waals surface area contributed by atoms with Gasteiger partial charge in [0, 0.05) is 26.1 Å². The van der Waals surface area contributed by atoms with E-state index in [1.165, 1.54) is 5.56 Å². The Morgan fingerprint density at radius 3 is 2.66 bits per heavy atom. The first kappa shape index (κ1) is 24.5. The van der Waals surface area contributed by atoms with Gasteiger partial charge in [-0.1, -0.05) is 50.2 Å². The summed E-state index contributed by atoms with van der Waals surface area (Å²) in [6.07, 6.45) is 0.803. The number of methoxy groups -OCH3 is 1. The third-order valence-electron chi connectivity index (χ3n) is 6.10. The van der Waals surface area contributed by atoms with Gasteiger partial charge in [0.15, 0.2) is 5.76 Å². The number of nitrogens with zero attached hydrogens (tertiary/aromatic N) is 1. The zero-order chi connectivity index (χ0) is 24.8. The van der Waals surface area contributed by atoms with Gasteiger partial charge in [0.1, 0.15) is 18.1 Å². The van der Waals surface area contributed by atoms with Crippen molar-refractivity contribution in [3.8, 4) is 5.75 Å². The van der Waals surface area contributed by atoms with E-state index in [1.807, 2.05) is 49.1 Å². The van der Waals surface area contributed by atoms with E-state index in [-0.39, 0.29) is 36.1 Å². The highest BCUT2D eigenvalue weighted by molar-refractivity contribution is 5.91. The Kier molecular flexibility index (Phi) is 7.87. The number of nitrogens with one attached hydrogen (secondary N) is 1. The van der Waals surface area contributed by atoms with Crippen molar-refractivity contribution >= 4 is 11.8 Å². The largest absolute Gasteiger partial charge is 0.486 e. The van der Waals surface area contributed by atoms with Crippen LogP contribution in [-0.2, 0) is 22.6 Å². The first-order chi connectivity index (χ1) is 17.0. The lowest BCUT2D eigenvalue weighted by molar-refractivity contribution is -0.136. The lowest BCUT2D eigenvalue weighted by Gasteiger charge is -2.39. The summed E-state index contributed by atoms with van der Waals surface area (Å²) in [4.78, 5) is 27.2. The van der Waals surface area contributed by atoms with Crippen molar-refractivity contribution in [3.63, 3.8) is 0 Å². The summed E-state index contributed by atoms with van der Waals surface area (Å²) in [7, 11) is 1.58. The van der Waals surface area contributed by atoms with Gasteiger partial charge in [-0.2, -0.15) is 0 Å². The summed E-state index contributed by atoms with van der Waals surface area (Å²) >= 11 is 0. The van der Waals surface area contributed by atoms with Gasteiger partial charge in [0.05, 0.1) is 12.6 Å². The van der Waals surface area contributed by atoms with E-state index in [0.29, 0.717) is 31.2 Å². The number of hydrogen-bond acceptors (Lipinski definition) is 5. The van der Waals surface area contributed by atoms with Crippen molar-refractivity contribution < 1.29 is 23.5 Å². The second kappa shape index (κ2) is 11.2. The van der Waals surface area contributed by atoms with Crippen molar-refractivity contribution in [1.29, 1.82) is 0 Å². The molecule has 184 valence electrons. The molecule has 0 saturated heterocycles. The molecule has 4 rings (SSSR count). The lowest BCUT2D eigenvalue weighted by Crippen LogP contribution is -2.42. The van der Waals surface area contributed by atoms with Crippen LogP contribution in [0, 0.1) is 5.92 Å². The molecule has 1 aromatic heterocycles. The molecule has 2 heterocycles. The molecule has 0 fully saturated rings. The molecule has 1 aliphatic heterocycles. The van der Waals surface area contributed by atoms with Crippen LogP contribution in [0.3, 0.4) is 0 Å². The Hall–Kier alpha value is -3.58. The highest BCUT2D eigenvalue weighted by atomic mass is 16.5. The normalized spacial score (nSPS) is 15.1. The lowest BCUT2D eigenvalue weighted by atomic mass is 9.87. The number of benzene rings is 2. The van der Waals surface area contributed by atoms with E-state index < -0.39 is 0 Å². The van der Waals surface area contributed by atoms with E-state index in [0.717, 1.165) is 17.5 Å². The highest BCUT2D eigenvalue weighted by Gasteiger charge is 2.33. The molecule has 0 spiro atoms. The summed E-state index contributed by atoms with van der Waals surface area (Å²) in [5, 5.41) is 2.73. The molecule has 0 saturated carbocycles. The summed E-state index contributed by atoms with van der Waals surface area (Å²) in [5.41, 5.74) is 3.37. The van der Waals surface area contributed by atoms with Gasteiger partial charge in [-0.05, 0) is 47.4 Å². The molecule has 2 aromatic carbocycles. The van der Waals surface area contributed by atoms with Crippen LogP contribution in [0.25, 0.3) is 0 Å². The Bertz CT molecular complexity index is 1160. The van der Waals surface area contributed by atoms with Gasteiger partial charge in [-0.25, -0.2) is 0 Å². The minimum Gasteiger partial charge on any atom is -0.486 e. The molecule has 1 aliphatic rings. The molecule has 3 aromatic rings. The summed E-state index contributed by atoms with van der Waals surface area (Å²) in [6.45, 7) is 5.60. The average molecular weight is 477 g/mol. The van der Waals surface area contributed by atoms with E-state index in [4.69, 9.17) is 13.9 Å². The molecule has 1 atom stereocenters. The maximum atomic E-state index is 13.1. The van der Waals surface area contributed by atoms with Crippen molar-refractivity contribution in [3.05, 3.63) is 88.9 Å². The van der Waals surface area contributed by atoms with Crippen LogP contribution in [0.1, 0.15) is 52.9 Å². The summed E-state index contributed by atoms with van der Waals surface area (Å²) in [5.74, 6) is 1.24. The molecule has 0 bridgehead atoms. The third-order valence-corrected chi connectivity index (χ3v) is 6.10. The van der Waals surface area contributed by atoms with Crippen LogP contribution in [0.2, 0.25) is 0 Å². The predicted molar refractivity (Wildman–Crippen MR) is 132 cm³/mol. The minimum atomic E-state index is -0.289. The average Bonchev–Trinajstić information content (AvgIpc) is 3.36. The molecule has 1 N–H and O–H groups in total. The molecule has 35 heavy (non-hydrogen) atoms. The SMILES string of the molecule is COCCNC(=O)c1ccc(COc2ccc3c(c2)C(c2ccccc2)N(C(=O)C(C)C)CC3)o1. The third kappa shape index (κ3) is 5.74. The molecule has 1 unspecified atom stereocenters. The minimum absolute atomic E-state index is 0.0814. The monoisotopic (exact) mass is 476 g/mol. The number of fused-ring (bicyclic) bond motifs is 1. The van der Waals surface area contributed by atoms with Gasteiger partial charge in [0.2, 0.25) is 5.91 Å². The van der Waals surface area contributed by atoms with Crippen molar-refractivity contribution in [2.75, 3.05) is 26.8 Å². The van der Waals surface area contributed by atoms with Gasteiger partial charge >= 0.3 is 0 Å². The number of rotatable bonds is 9. The molecule has 0 radical (unpaired) electrons. The fourth-order valence-electron chi connectivity index (χ4n) is 4.33. The molecule has 7 heteroatoms. The maximum Gasteiger partial charge on any atom is 0.287 e. The van der Waals surface area contributed by atoms with E-state index in [2.05, 4.69) is 23.5 Å². The van der Waals surface area contributed by atoms with Crippen LogP contribution in [0.5, 0.6) is 5.75 Å². The zero-order valence-electron chi connectivity index (χ0n) is 20.5. The number of amides is 2. The summed E-state index contributed by atoms with van der Waals surface area (Å²) in [6, 6.07) is 19.4. The predicted octanol–water partition coefficient (Wildman–Crippen LogP) is 4.36. The van der Waals surface area contributed by atoms with Gasteiger partial charge in [-0.3, -0.25) is 9.59 Å². The number of hydrogen-bond donors (Lipinski definition) is 1. The topological polar surface area (TPSA) is 81.0 Å². The standard InChI is InChI=1S/C28H32N2O5/c1-19(2)28(32)30-15-13-20-9-10-22(17-24(20)26(30)21-7-5-4-6-8-21)34-18-23-11-12-25(35-23)27(31)29-14-16-33-3/h4-12,17,19,26H,13-16,18H2,1-3H3,(H,29,31). The number of carbonyl (C=O) groups excluding carboxylic acids is 2. The van der Waals surface area contributed by atoms with Crippen LogP contribution < -0.4 is 10.1 Å². The number of ether oxygens (including phenoxy) is 2. The molecular weight excluding hydrogens is 444 g/mol. The van der Waals surface area contributed by atoms with Crippen LogP contribution in [0.4, 0.5) is 0 Å². The Morgan fingerprint density at radius 2 is 1.91 bits per heavy atom. The fourth-order valence-corrected chi connectivity index (χ4v) is 4.33. The molecular formula is C28H32N2O5. The van der Waals surface area contributed by atoms with E-state index in [9.17, 15) is 9.59 Å². The zero-order valence-corrected chi connectivity index (χ0v) is 20.5.